The summed E-state index contributed by atoms with van der Waals surface area (Å²) in [7, 11) is -2.62. The monoisotopic (exact) mass is 541 g/mol. The highest BCUT2D eigenvalue weighted by Gasteiger charge is 2.33. The topological polar surface area (TPSA) is 86.8 Å². The van der Waals surface area contributed by atoms with Gasteiger partial charge in [-0.3, -0.25) is 13.9 Å². The van der Waals surface area contributed by atoms with E-state index in [1.807, 2.05) is 57.2 Å². The second-order valence-corrected chi connectivity index (χ2v) is 11.1. The molecule has 7 nitrogen and oxygen atoms in total. The van der Waals surface area contributed by atoms with E-state index < -0.39 is 28.5 Å². The standard InChI is InChI=1S/C28H32ClN3O4S/c1-5-26(28(34)30-4)31(18-22-9-7-6-8-10-22)27(33)19-32(24-14-11-20(2)21(3)17-24)37(35,36)25-15-12-23(29)13-16-25/h6-17,26H,5,18-19H2,1-4H3,(H,30,34)/t26-/m1/s1. The van der Waals surface area contributed by atoms with Gasteiger partial charge < -0.3 is 10.2 Å². The second-order valence-electron chi connectivity index (χ2n) is 8.78. The number of hydrogen-bond donors (Lipinski definition) is 1. The lowest BCUT2D eigenvalue weighted by Crippen LogP contribution is -2.51. The third kappa shape index (κ3) is 6.70. The maximum atomic E-state index is 13.9. The Morgan fingerprint density at radius 2 is 1.59 bits per heavy atom. The summed E-state index contributed by atoms with van der Waals surface area (Å²) < 4.78 is 28.7. The van der Waals surface area contributed by atoms with Crippen LogP contribution in [0.4, 0.5) is 5.69 Å². The first-order valence-corrected chi connectivity index (χ1v) is 13.8. The molecule has 1 N–H and O–H groups in total. The number of rotatable bonds is 10. The minimum Gasteiger partial charge on any atom is -0.357 e. The first-order valence-electron chi connectivity index (χ1n) is 12.0. The highest BCUT2D eigenvalue weighted by atomic mass is 35.5. The summed E-state index contributed by atoms with van der Waals surface area (Å²) in [6, 6.07) is 19.6. The van der Waals surface area contributed by atoms with Crippen molar-refractivity contribution >= 4 is 39.1 Å². The molecule has 37 heavy (non-hydrogen) atoms. The fourth-order valence-electron chi connectivity index (χ4n) is 4.01. The van der Waals surface area contributed by atoms with Gasteiger partial charge in [-0.15, -0.1) is 0 Å². The first kappa shape index (κ1) is 28.2. The maximum Gasteiger partial charge on any atom is 0.264 e. The van der Waals surface area contributed by atoms with E-state index in [1.165, 1.54) is 36.2 Å². The van der Waals surface area contributed by atoms with Gasteiger partial charge in [0.25, 0.3) is 10.0 Å². The molecule has 3 aromatic rings. The van der Waals surface area contributed by atoms with Crippen LogP contribution in [0.1, 0.15) is 30.0 Å². The zero-order valence-electron chi connectivity index (χ0n) is 21.4. The Bertz CT molecular complexity index is 1350. The van der Waals surface area contributed by atoms with Crippen molar-refractivity contribution < 1.29 is 18.0 Å². The number of hydrogen-bond acceptors (Lipinski definition) is 4. The molecule has 0 heterocycles. The van der Waals surface area contributed by atoms with Crippen LogP contribution < -0.4 is 9.62 Å². The fourth-order valence-corrected chi connectivity index (χ4v) is 5.54. The summed E-state index contributed by atoms with van der Waals surface area (Å²) in [5, 5.41) is 3.02. The average Bonchev–Trinajstić information content (AvgIpc) is 2.89. The molecule has 0 unspecified atom stereocenters. The Balaban J connectivity index is 2.07. The van der Waals surface area contributed by atoms with E-state index >= 15 is 0 Å². The Labute approximate surface area is 224 Å². The second kappa shape index (κ2) is 12.3. The number of anilines is 1. The first-order chi connectivity index (χ1) is 17.6. The number of carbonyl (C=O) groups is 2. The van der Waals surface area contributed by atoms with Gasteiger partial charge in [0, 0.05) is 18.6 Å². The number of sulfonamides is 1. The minimum atomic E-state index is -4.13. The zero-order valence-corrected chi connectivity index (χ0v) is 23.0. The van der Waals surface area contributed by atoms with E-state index in [9.17, 15) is 18.0 Å². The number of aryl methyl sites for hydroxylation is 2. The van der Waals surface area contributed by atoms with Gasteiger partial charge in [0.2, 0.25) is 11.8 Å². The van der Waals surface area contributed by atoms with E-state index in [-0.39, 0.29) is 17.3 Å². The van der Waals surface area contributed by atoms with Gasteiger partial charge in [0.05, 0.1) is 10.6 Å². The van der Waals surface area contributed by atoms with Crippen LogP contribution in [-0.4, -0.2) is 44.8 Å². The summed E-state index contributed by atoms with van der Waals surface area (Å²) in [4.78, 5) is 28.0. The van der Waals surface area contributed by atoms with E-state index in [1.54, 1.807) is 12.1 Å². The lowest BCUT2D eigenvalue weighted by molar-refractivity contribution is -0.140. The summed E-state index contributed by atoms with van der Waals surface area (Å²) in [5.74, 6) is -0.805. The molecule has 1 atom stereocenters. The SMILES string of the molecule is CC[C@H](C(=O)NC)N(Cc1ccccc1)C(=O)CN(c1ccc(C)c(C)c1)S(=O)(=O)c1ccc(Cl)cc1. The predicted molar refractivity (Wildman–Crippen MR) is 147 cm³/mol. The molecule has 0 bridgehead atoms. The van der Waals surface area contributed by atoms with Crippen molar-refractivity contribution in [3.63, 3.8) is 0 Å². The molecule has 2 amide bonds. The molecule has 0 aliphatic carbocycles. The summed E-state index contributed by atoms with van der Waals surface area (Å²) >= 11 is 5.99. The fraction of sp³-hybridized carbons (Fsp3) is 0.286. The molecule has 9 heteroatoms. The molecule has 0 saturated heterocycles. The van der Waals surface area contributed by atoms with Crippen LogP contribution in [0.5, 0.6) is 0 Å². The molecule has 0 fully saturated rings. The lowest BCUT2D eigenvalue weighted by Gasteiger charge is -2.33. The zero-order chi connectivity index (χ0) is 27.2. The smallest absolute Gasteiger partial charge is 0.264 e. The van der Waals surface area contributed by atoms with Crippen LogP contribution >= 0.6 is 11.6 Å². The van der Waals surface area contributed by atoms with Gasteiger partial charge >= 0.3 is 0 Å². The molecule has 0 saturated carbocycles. The van der Waals surface area contributed by atoms with Crippen LogP contribution in [0.2, 0.25) is 5.02 Å². The van der Waals surface area contributed by atoms with Crippen molar-refractivity contribution in [2.45, 2.75) is 44.7 Å². The molecule has 3 rings (SSSR count). The third-order valence-electron chi connectivity index (χ3n) is 6.29. The normalized spacial score (nSPS) is 12.0. The number of halogens is 1. The molecule has 0 aromatic heterocycles. The van der Waals surface area contributed by atoms with Crippen LogP contribution in [0.3, 0.4) is 0 Å². The van der Waals surface area contributed by atoms with Gasteiger partial charge in [-0.2, -0.15) is 0 Å². The number of benzene rings is 3. The van der Waals surface area contributed by atoms with Crippen molar-refractivity contribution in [3.05, 3.63) is 94.5 Å². The molecule has 196 valence electrons. The highest BCUT2D eigenvalue weighted by Crippen LogP contribution is 2.27. The molecule has 0 aliphatic heterocycles. The van der Waals surface area contributed by atoms with Crippen molar-refractivity contribution in [2.24, 2.45) is 0 Å². The van der Waals surface area contributed by atoms with Crippen molar-refractivity contribution in [2.75, 3.05) is 17.9 Å². The molecular weight excluding hydrogens is 510 g/mol. The Morgan fingerprint density at radius 1 is 0.946 bits per heavy atom. The lowest BCUT2D eigenvalue weighted by atomic mass is 10.1. The summed E-state index contributed by atoms with van der Waals surface area (Å²) in [6.07, 6.45) is 0.367. The molecule has 0 aliphatic rings. The average molecular weight is 542 g/mol. The van der Waals surface area contributed by atoms with E-state index in [0.29, 0.717) is 17.1 Å². The maximum absolute atomic E-state index is 13.9. The van der Waals surface area contributed by atoms with E-state index in [2.05, 4.69) is 5.32 Å². The van der Waals surface area contributed by atoms with Crippen LogP contribution in [0.25, 0.3) is 0 Å². The highest BCUT2D eigenvalue weighted by molar-refractivity contribution is 7.92. The van der Waals surface area contributed by atoms with Crippen molar-refractivity contribution in [1.29, 1.82) is 0 Å². The van der Waals surface area contributed by atoms with Gasteiger partial charge in [-0.05, 0) is 73.4 Å². The number of nitrogens with zero attached hydrogens (tertiary/aromatic N) is 2. The number of amides is 2. The van der Waals surface area contributed by atoms with Gasteiger partial charge in [0.15, 0.2) is 0 Å². The number of nitrogens with one attached hydrogen (secondary N) is 1. The van der Waals surface area contributed by atoms with Crippen LogP contribution in [0, 0.1) is 13.8 Å². The summed E-state index contributed by atoms with van der Waals surface area (Å²) in [5.41, 5.74) is 3.07. The molecular formula is C28H32ClN3O4S. The van der Waals surface area contributed by atoms with Gasteiger partial charge in [0.1, 0.15) is 12.6 Å². The quantitative estimate of drug-likeness (QED) is 0.403. The third-order valence-corrected chi connectivity index (χ3v) is 8.33. The van der Waals surface area contributed by atoms with Crippen molar-refractivity contribution in [3.8, 4) is 0 Å². The predicted octanol–water partition coefficient (Wildman–Crippen LogP) is 4.71. The largest absolute Gasteiger partial charge is 0.357 e. The van der Waals surface area contributed by atoms with Crippen LogP contribution in [-0.2, 0) is 26.2 Å². The number of carbonyl (C=O) groups excluding carboxylic acids is 2. The summed E-state index contributed by atoms with van der Waals surface area (Å²) in [6.45, 7) is 5.31. The minimum absolute atomic E-state index is 0.0101. The molecule has 0 spiro atoms. The molecule has 3 aromatic carbocycles. The van der Waals surface area contributed by atoms with Crippen molar-refractivity contribution in [1.82, 2.24) is 10.2 Å². The van der Waals surface area contributed by atoms with E-state index in [4.69, 9.17) is 11.6 Å². The number of likely N-dealkylation sites (N-methyl/N-ethyl adjacent to an activating group) is 1. The van der Waals surface area contributed by atoms with Gasteiger partial charge in [-0.25, -0.2) is 8.42 Å². The van der Waals surface area contributed by atoms with Crippen LogP contribution in [0.15, 0.2) is 77.7 Å². The Morgan fingerprint density at radius 3 is 2.16 bits per heavy atom. The van der Waals surface area contributed by atoms with E-state index in [0.717, 1.165) is 21.0 Å². The Hall–Kier alpha value is -3.36. The Kier molecular flexibility index (Phi) is 9.34. The van der Waals surface area contributed by atoms with Gasteiger partial charge in [-0.1, -0.05) is 54.9 Å². The molecule has 0 radical (unpaired) electrons.